The maximum Gasteiger partial charge on any atom is 0.329 e. The molecule has 1 saturated heterocycles. The van der Waals surface area contributed by atoms with E-state index in [9.17, 15) is 14.4 Å². The molecule has 0 bridgehead atoms. The van der Waals surface area contributed by atoms with Gasteiger partial charge in [0.2, 0.25) is 5.91 Å². The zero-order valence-corrected chi connectivity index (χ0v) is 16.4. The predicted octanol–water partition coefficient (Wildman–Crippen LogP) is 1.79. The summed E-state index contributed by atoms with van der Waals surface area (Å²) in [6.45, 7) is -0.470. The van der Waals surface area contributed by atoms with E-state index in [1.54, 1.807) is 19.2 Å². The third-order valence-corrected chi connectivity index (χ3v) is 5.08. The van der Waals surface area contributed by atoms with Crippen molar-refractivity contribution >= 4 is 23.5 Å². The number of ether oxygens (including phenoxy) is 2. The molecule has 0 unspecified atom stereocenters. The summed E-state index contributed by atoms with van der Waals surface area (Å²) in [4.78, 5) is 36.2. The van der Waals surface area contributed by atoms with Gasteiger partial charge in [0.05, 0.1) is 19.1 Å². The van der Waals surface area contributed by atoms with Crippen LogP contribution in [0.2, 0.25) is 0 Å². The van der Waals surface area contributed by atoms with E-state index < -0.39 is 30.6 Å². The molecule has 2 atom stereocenters. The number of hydrogen-bond acceptors (Lipinski definition) is 7. The van der Waals surface area contributed by atoms with Crippen LogP contribution < -0.4 is 10.1 Å². The highest BCUT2D eigenvalue weighted by Gasteiger charge is 2.36. The van der Waals surface area contributed by atoms with Crippen molar-refractivity contribution < 1.29 is 28.3 Å². The van der Waals surface area contributed by atoms with E-state index in [-0.39, 0.29) is 12.3 Å². The minimum absolute atomic E-state index is 0.200. The van der Waals surface area contributed by atoms with E-state index in [4.69, 9.17) is 13.9 Å². The van der Waals surface area contributed by atoms with Gasteiger partial charge in [-0.05, 0) is 48.4 Å². The molecule has 1 aromatic heterocycles. The Hall–Kier alpha value is -3.62. The molecule has 2 aliphatic heterocycles. The number of carbonyl (C=O) groups excluding carboxylic acids is 3. The maximum atomic E-state index is 12.8. The molecule has 0 radical (unpaired) electrons. The molecule has 4 rings (SSSR count). The zero-order valence-electron chi connectivity index (χ0n) is 16.4. The molecular formula is C21H21N3O6. The second-order valence-electron chi connectivity index (χ2n) is 7.02. The fraction of sp³-hybridized carbons (Fsp3) is 0.333. The van der Waals surface area contributed by atoms with Gasteiger partial charge in [-0.25, -0.2) is 9.80 Å². The Labute approximate surface area is 172 Å². The lowest BCUT2D eigenvalue weighted by atomic mass is 10.0. The average molecular weight is 411 g/mol. The first-order chi connectivity index (χ1) is 14.5. The van der Waals surface area contributed by atoms with Crippen LogP contribution in [-0.4, -0.2) is 48.3 Å². The normalized spacial score (nSPS) is 20.6. The van der Waals surface area contributed by atoms with Crippen molar-refractivity contribution in [2.24, 2.45) is 5.10 Å². The van der Waals surface area contributed by atoms with Gasteiger partial charge in [-0.3, -0.25) is 9.59 Å². The third kappa shape index (κ3) is 4.05. The SMILES string of the molecule is COc1ccc(C2=NN(C(=O)COC(=O)[C@@H]3CCC(=O)N3)[C@H](c3ccco3)C2)cc1. The lowest BCUT2D eigenvalue weighted by Gasteiger charge is -2.20. The molecule has 0 saturated carbocycles. The van der Waals surface area contributed by atoms with E-state index >= 15 is 0 Å². The summed E-state index contributed by atoms with van der Waals surface area (Å²) in [5, 5.41) is 8.29. The van der Waals surface area contributed by atoms with Crippen LogP contribution in [0.4, 0.5) is 0 Å². The average Bonchev–Trinajstić information content (AvgIpc) is 3.51. The fourth-order valence-electron chi connectivity index (χ4n) is 3.49. The van der Waals surface area contributed by atoms with Crippen LogP contribution in [0, 0.1) is 0 Å². The monoisotopic (exact) mass is 411 g/mol. The number of methoxy groups -OCH3 is 1. The number of esters is 1. The molecule has 9 heteroatoms. The standard InChI is InChI=1S/C21H21N3O6/c1-28-14-6-4-13(5-7-14)16-11-17(18-3-2-10-29-18)24(23-16)20(26)12-30-21(27)15-8-9-19(25)22-15/h2-7,10,15,17H,8-9,11-12H2,1H3,(H,22,25)/t15-,17-/m0/s1. The summed E-state index contributed by atoms with van der Waals surface area (Å²) in [5.41, 5.74) is 1.56. The number of nitrogens with zero attached hydrogens (tertiary/aromatic N) is 2. The first kappa shape index (κ1) is 19.7. The van der Waals surface area contributed by atoms with Gasteiger partial charge in [0, 0.05) is 12.8 Å². The van der Waals surface area contributed by atoms with Gasteiger partial charge in [-0.1, -0.05) is 0 Å². The zero-order chi connectivity index (χ0) is 21.1. The highest BCUT2D eigenvalue weighted by Crippen LogP contribution is 2.33. The molecule has 2 aliphatic rings. The van der Waals surface area contributed by atoms with Gasteiger partial charge in [0.1, 0.15) is 23.6 Å². The molecule has 1 aromatic carbocycles. The van der Waals surface area contributed by atoms with Crippen LogP contribution in [0.1, 0.15) is 36.6 Å². The number of carbonyl (C=O) groups is 3. The lowest BCUT2D eigenvalue weighted by Crippen LogP contribution is -2.37. The van der Waals surface area contributed by atoms with Gasteiger partial charge in [-0.2, -0.15) is 5.10 Å². The molecule has 2 amide bonds. The Kier molecular flexibility index (Phi) is 5.51. The van der Waals surface area contributed by atoms with Crippen molar-refractivity contribution in [3.63, 3.8) is 0 Å². The fourth-order valence-corrected chi connectivity index (χ4v) is 3.49. The van der Waals surface area contributed by atoms with E-state index in [1.807, 2.05) is 24.3 Å². The minimum Gasteiger partial charge on any atom is -0.497 e. The van der Waals surface area contributed by atoms with Crippen molar-refractivity contribution in [2.75, 3.05) is 13.7 Å². The summed E-state index contributed by atoms with van der Waals surface area (Å²) in [6.07, 6.45) is 2.63. The van der Waals surface area contributed by atoms with Crippen molar-refractivity contribution in [1.82, 2.24) is 10.3 Å². The van der Waals surface area contributed by atoms with Crippen molar-refractivity contribution in [1.29, 1.82) is 0 Å². The third-order valence-electron chi connectivity index (χ3n) is 5.08. The van der Waals surface area contributed by atoms with E-state index in [2.05, 4.69) is 10.4 Å². The molecule has 0 aliphatic carbocycles. The van der Waals surface area contributed by atoms with Crippen LogP contribution in [0.3, 0.4) is 0 Å². The first-order valence-electron chi connectivity index (χ1n) is 9.58. The Bertz CT molecular complexity index is 967. The maximum absolute atomic E-state index is 12.8. The number of hydrogen-bond donors (Lipinski definition) is 1. The van der Waals surface area contributed by atoms with E-state index in [1.165, 1.54) is 11.3 Å². The largest absolute Gasteiger partial charge is 0.497 e. The number of nitrogens with one attached hydrogen (secondary N) is 1. The molecule has 3 heterocycles. The quantitative estimate of drug-likeness (QED) is 0.726. The number of furan rings is 1. The Morgan fingerprint density at radius 3 is 2.70 bits per heavy atom. The first-order valence-corrected chi connectivity index (χ1v) is 9.58. The van der Waals surface area contributed by atoms with Gasteiger partial charge in [-0.15, -0.1) is 0 Å². The Morgan fingerprint density at radius 1 is 1.27 bits per heavy atom. The van der Waals surface area contributed by atoms with Gasteiger partial charge in [0.15, 0.2) is 6.61 Å². The molecule has 30 heavy (non-hydrogen) atoms. The topological polar surface area (TPSA) is 110 Å². The minimum atomic E-state index is -0.705. The van der Waals surface area contributed by atoms with Gasteiger partial charge >= 0.3 is 5.97 Å². The second kappa shape index (κ2) is 8.40. The summed E-state index contributed by atoms with van der Waals surface area (Å²) < 4.78 is 15.8. The van der Waals surface area contributed by atoms with Crippen LogP contribution in [-0.2, 0) is 19.1 Å². The van der Waals surface area contributed by atoms with Crippen molar-refractivity contribution in [3.8, 4) is 5.75 Å². The molecule has 1 N–H and O–H groups in total. The van der Waals surface area contributed by atoms with E-state index in [0.717, 1.165) is 11.3 Å². The number of rotatable bonds is 6. The molecule has 0 spiro atoms. The summed E-state index contributed by atoms with van der Waals surface area (Å²) in [7, 11) is 1.59. The lowest BCUT2D eigenvalue weighted by molar-refractivity contribution is -0.154. The number of amides is 2. The molecule has 1 fully saturated rings. The Balaban J connectivity index is 1.48. The van der Waals surface area contributed by atoms with Crippen molar-refractivity contribution in [2.45, 2.75) is 31.3 Å². The highest BCUT2D eigenvalue weighted by atomic mass is 16.5. The van der Waals surface area contributed by atoms with Crippen LogP contribution >= 0.6 is 0 Å². The van der Waals surface area contributed by atoms with Gasteiger partial charge in [0.25, 0.3) is 5.91 Å². The smallest absolute Gasteiger partial charge is 0.329 e. The Morgan fingerprint density at radius 2 is 2.07 bits per heavy atom. The summed E-state index contributed by atoms with van der Waals surface area (Å²) in [5.74, 6) is 0.0121. The van der Waals surface area contributed by atoms with E-state index in [0.29, 0.717) is 24.3 Å². The summed E-state index contributed by atoms with van der Waals surface area (Å²) in [6, 6.07) is 9.76. The molecule has 156 valence electrons. The van der Waals surface area contributed by atoms with Crippen molar-refractivity contribution in [3.05, 3.63) is 54.0 Å². The predicted molar refractivity (Wildman–Crippen MR) is 105 cm³/mol. The van der Waals surface area contributed by atoms with Gasteiger partial charge < -0.3 is 19.2 Å². The molecule has 2 aromatic rings. The molecular weight excluding hydrogens is 390 g/mol. The summed E-state index contributed by atoms with van der Waals surface area (Å²) >= 11 is 0. The van der Waals surface area contributed by atoms with Crippen LogP contribution in [0.5, 0.6) is 5.75 Å². The highest BCUT2D eigenvalue weighted by molar-refractivity contribution is 6.03. The number of hydrazone groups is 1. The molecule has 9 nitrogen and oxygen atoms in total. The van der Waals surface area contributed by atoms with Crippen LogP contribution in [0.15, 0.2) is 52.2 Å². The number of benzene rings is 1. The second-order valence-corrected chi connectivity index (χ2v) is 7.02. The van der Waals surface area contributed by atoms with Crippen LogP contribution in [0.25, 0.3) is 0 Å².